The molecule has 0 aliphatic carbocycles. The summed E-state index contributed by atoms with van der Waals surface area (Å²) in [6.07, 6.45) is 5.83. The zero-order valence-corrected chi connectivity index (χ0v) is 39.4. The van der Waals surface area contributed by atoms with E-state index in [1.165, 1.54) is 6.20 Å². The van der Waals surface area contributed by atoms with Crippen LogP contribution >= 0.6 is 18.7 Å². The number of methoxy groups -OCH3 is 1. The fraction of sp³-hybridized carbons (Fsp3) is 0.447. The van der Waals surface area contributed by atoms with Gasteiger partial charge in [-0.2, -0.15) is 4.98 Å². The number of nitrogens with zero attached hydrogens (tertiary/aromatic N) is 6. The number of unbranched alkanes of at least 4 members (excludes halogenated alkanes) is 1. The fourth-order valence-corrected chi connectivity index (χ4v) is 10.6. The van der Waals surface area contributed by atoms with E-state index in [9.17, 15) is 23.7 Å². The number of fused-ring (bicyclic) bond motifs is 1. The van der Waals surface area contributed by atoms with Crippen molar-refractivity contribution in [2.45, 2.75) is 57.2 Å². The van der Waals surface area contributed by atoms with Crippen LogP contribution in [0.3, 0.4) is 0 Å². The van der Waals surface area contributed by atoms with Gasteiger partial charge in [0.2, 0.25) is 23.7 Å². The molecule has 0 spiro atoms. The van der Waals surface area contributed by atoms with Crippen LogP contribution in [0.2, 0.25) is 5.02 Å². The Morgan fingerprint density at radius 2 is 1.65 bits per heavy atom. The van der Waals surface area contributed by atoms with Crippen molar-refractivity contribution in [2.75, 3.05) is 100 Å². The van der Waals surface area contributed by atoms with Crippen molar-refractivity contribution in [3.05, 3.63) is 83.0 Å². The summed E-state index contributed by atoms with van der Waals surface area (Å²) in [5.74, 6) is 0.529. The third-order valence-corrected chi connectivity index (χ3v) is 14.7. The number of amides is 4. The van der Waals surface area contributed by atoms with Crippen molar-refractivity contribution in [1.82, 2.24) is 35.3 Å². The van der Waals surface area contributed by atoms with Gasteiger partial charge < -0.3 is 40.4 Å². The van der Waals surface area contributed by atoms with E-state index in [1.54, 1.807) is 31.4 Å². The second kappa shape index (κ2) is 20.8. The third-order valence-electron chi connectivity index (χ3n) is 12.9. The van der Waals surface area contributed by atoms with Crippen molar-refractivity contribution in [3.8, 4) is 5.75 Å². The van der Waals surface area contributed by atoms with E-state index in [0.29, 0.717) is 83.4 Å². The number of carbonyl (C=O) groups excluding carboxylic acids is 4. The minimum absolute atomic E-state index is 0.0419. The van der Waals surface area contributed by atoms with E-state index in [-0.39, 0.29) is 24.1 Å². The quantitative estimate of drug-likeness (QED) is 0.0525. The molecule has 1 unspecified atom stereocenters. The molecule has 3 fully saturated rings. The highest BCUT2D eigenvalue weighted by molar-refractivity contribution is 7.70. The van der Waals surface area contributed by atoms with Crippen LogP contribution in [0.4, 0.5) is 34.5 Å². The summed E-state index contributed by atoms with van der Waals surface area (Å²) in [5.41, 5.74) is 4.80. The molecular formula is C47H59ClN11O6P. The Hall–Kier alpha value is -5.74. The van der Waals surface area contributed by atoms with E-state index in [1.807, 2.05) is 48.5 Å². The number of piperidine rings is 2. The molecule has 4 aromatic rings. The Morgan fingerprint density at radius 3 is 2.41 bits per heavy atom. The maximum atomic E-state index is 13.1. The molecule has 0 bridgehead atoms. The van der Waals surface area contributed by atoms with Crippen molar-refractivity contribution in [2.24, 2.45) is 0 Å². The molecular weight excluding hydrogens is 881 g/mol. The molecule has 66 heavy (non-hydrogen) atoms. The molecule has 4 aliphatic heterocycles. The smallest absolute Gasteiger partial charge is 0.255 e. The van der Waals surface area contributed by atoms with Gasteiger partial charge in [-0.3, -0.25) is 34.3 Å². The Labute approximate surface area is 390 Å². The Balaban J connectivity index is 0.730. The van der Waals surface area contributed by atoms with E-state index in [2.05, 4.69) is 57.3 Å². The predicted molar refractivity (Wildman–Crippen MR) is 259 cm³/mol. The van der Waals surface area contributed by atoms with Gasteiger partial charge in [0.05, 0.1) is 31.2 Å². The highest BCUT2D eigenvalue weighted by Gasteiger charge is 2.40. The molecule has 4 amide bonds. The molecule has 5 heterocycles. The van der Waals surface area contributed by atoms with Gasteiger partial charge in [0.25, 0.3) is 5.91 Å². The number of nitrogens with one attached hydrogen (secondary N) is 5. The molecule has 350 valence electrons. The maximum absolute atomic E-state index is 13.1. The van der Waals surface area contributed by atoms with Gasteiger partial charge in [0, 0.05) is 105 Å². The third kappa shape index (κ3) is 11.1. The Bertz CT molecular complexity index is 2490. The van der Waals surface area contributed by atoms with Gasteiger partial charge in [-0.25, -0.2) is 4.98 Å². The number of ether oxygens (including phenoxy) is 1. The number of piperazine rings is 1. The van der Waals surface area contributed by atoms with Gasteiger partial charge in [0.1, 0.15) is 24.0 Å². The van der Waals surface area contributed by atoms with Crippen molar-refractivity contribution in [3.63, 3.8) is 0 Å². The number of aromatic nitrogens is 2. The molecule has 1 atom stereocenters. The van der Waals surface area contributed by atoms with Gasteiger partial charge in [-0.05, 0) is 81.8 Å². The summed E-state index contributed by atoms with van der Waals surface area (Å²) in [4.78, 5) is 67.8. The monoisotopic (exact) mass is 939 g/mol. The fourth-order valence-electron chi connectivity index (χ4n) is 9.28. The largest absolute Gasteiger partial charge is 0.494 e. The lowest BCUT2D eigenvalue weighted by atomic mass is 10.0. The van der Waals surface area contributed by atoms with Crippen LogP contribution in [0.5, 0.6) is 5.75 Å². The number of benzene rings is 3. The highest BCUT2D eigenvalue weighted by atomic mass is 35.5. The number of halogens is 1. The van der Waals surface area contributed by atoms with Gasteiger partial charge in [-0.15, -0.1) is 0 Å². The molecule has 3 aromatic carbocycles. The minimum atomic E-state index is -2.56. The summed E-state index contributed by atoms with van der Waals surface area (Å²) in [6.45, 7) is 10.9. The number of hydrogen-bond donors (Lipinski definition) is 5. The maximum Gasteiger partial charge on any atom is 0.255 e. The first-order chi connectivity index (χ1) is 31.8. The van der Waals surface area contributed by atoms with Crippen molar-refractivity contribution >= 4 is 82.2 Å². The molecule has 8 rings (SSSR count). The van der Waals surface area contributed by atoms with Crippen LogP contribution in [0.25, 0.3) is 0 Å². The molecule has 0 radical (unpaired) electrons. The minimum Gasteiger partial charge on any atom is -0.494 e. The van der Waals surface area contributed by atoms with Crippen LogP contribution in [0.15, 0.2) is 66.9 Å². The molecule has 5 N–H and O–H groups in total. The van der Waals surface area contributed by atoms with Crippen molar-refractivity contribution < 1.29 is 28.5 Å². The van der Waals surface area contributed by atoms with Gasteiger partial charge in [-0.1, -0.05) is 29.8 Å². The van der Waals surface area contributed by atoms with Crippen LogP contribution < -0.4 is 41.5 Å². The first-order valence-corrected chi connectivity index (χ1v) is 25.7. The van der Waals surface area contributed by atoms with E-state index in [0.717, 1.165) is 81.9 Å². The SMILES string of the molecule is COc1cc(N2CCC(N3CCN(CC(=O)NCCCCNc4cccc5c4CN(C4CCC(=O)NC4=O)C5=O)CC3)CC2)ccc1Nc1ncc(Cl)c(Nc2ccccc2P(C)(C)=O)n1. The number of rotatable bonds is 17. The zero-order valence-electron chi connectivity index (χ0n) is 37.8. The Kier molecular flexibility index (Phi) is 14.8. The topological polar surface area (TPSA) is 193 Å². The summed E-state index contributed by atoms with van der Waals surface area (Å²) in [6, 6.07) is 18.9. The standard InChI is InChI=1S/C47H59ClN11O6P/c1-65-40-27-32(13-14-37(40)53-47-51-28-35(48)44(55-47)52-38-10-4-5-12-41(38)66(2,3)64)57-21-17-31(18-22-57)58-25-23-56(24-26-58)30-43(61)50-20-7-6-19-49-36-11-8-9-33-34(36)29-59(46(33)63)39-15-16-42(60)54-45(39)62/h4-5,8-14,27-28,31,39,49H,6-7,15-26,29-30H2,1-3H3,(H,50,61)(H,54,60,62)(H2,51,52,53,55). The van der Waals surface area contributed by atoms with Crippen LogP contribution in [0, 0.1) is 0 Å². The number of anilines is 6. The number of hydrogen-bond acceptors (Lipinski definition) is 14. The normalized spacial score (nSPS) is 18.5. The number of imide groups is 1. The summed E-state index contributed by atoms with van der Waals surface area (Å²) in [5, 5.41) is 16.5. The lowest BCUT2D eigenvalue weighted by Gasteiger charge is -2.43. The summed E-state index contributed by atoms with van der Waals surface area (Å²) < 4.78 is 18.7. The van der Waals surface area contributed by atoms with Gasteiger partial charge in [0.15, 0.2) is 5.82 Å². The Morgan fingerprint density at radius 1 is 0.894 bits per heavy atom. The molecule has 4 aliphatic rings. The second-order valence-corrected chi connectivity index (χ2v) is 21.2. The zero-order chi connectivity index (χ0) is 46.4. The van der Waals surface area contributed by atoms with Crippen LogP contribution in [0.1, 0.15) is 54.4 Å². The lowest BCUT2D eigenvalue weighted by molar-refractivity contribution is -0.137. The van der Waals surface area contributed by atoms with Gasteiger partial charge >= 0.3 is 0 Å². The van der Waals surface area contributed by atoms with Crippen molar-refractivity contribution in [1.29, 1.82) is 0 Å². The summed E-state index contributed by atoms with van der Waals surface area (Å²) >= 11 is 6.48. The summed E-state index contributed by atoms with van der Waals surface area (Å²) in [7, 11) is -0.911. The predicted octanol–water partition coefficient (Wildman–Crippen LogP) is 5.23. The number of carbonyl (C=O) groups is 4. The average Bonchev–Trinajstić information content (AvgIpc) is 3.64. The molecule has 0 saturated carbocycles. The highest BCUT2D eigenvalue weighted by Crippen LogP contribution is 2.39. The van der Waals surface area contributed by atoms with E-state index < -0.39 is 19.1 Å². The molecule has 1 aromatic heterocycles. The number of para-hydroxylation sites is 1. The van der Waals surface area contributed by atoms with Crippen LogP contribution in [-0.2, 0) is 25.5 Å². The second-order valence-electron chi connectivity index (χ2n) is 17.6. The molecule has 3 saturated heterocycles. The molecule has 19 heteroatoms. The first kappa shape index (κ1) is 46.8. The lowest BCUT2D eigenvalue weighted by Crippen LogP contribution is -2.54. The van der Waals surface area contributed by atoms with E-state index >= 15 is 0 Å². The average molecular weight is 940 g/mol. The first-order valence-electron chi connectivity index (χ1n) is 22.7. The molecule has 17 nitrogen and oxygen atoms in total. The van der Waals surface area contributed by atoms with E-state index in [4.69, 9.17) is 16.3 Å². The van der Waals surface area contributed by atoms with Crippen LogP contribution in [-0.4, -0.2) is 140 Å².